The summed E-state index contributed by atoms with van der Waals surface area (Å²) in [5, 5.41) is 0.756. The lowest BCUT2D eigenvalue weighted by Crippen LogP contribution is -2.23. The predicted octanol–water partition coefficient (Wildman–Crippen LogP) is 5.12. The quantitative estimate of drug-likeness (QED) is 0.441. The first kappa shape index (κ1) is 17.6. The highest BCUT2D eigenvalue weighted by atomic mass is 35.5. The summed E-state index contributed by atoms with van der Waals surface area (Å²) < 4.78 is 10.7. The molecule has 0 aliphatic rings. The van der Waals surface area contributed by atoms with Crippen LogP contribution >= 0.6 is 11.6 Å². The van der Waals surface area contributed by atoms with Crippen LogP contribution in [0.4, 0.5) is 0 Å². The molecule has 136 valence electrons. The van der Waals surface area contributed by atoms with Gasteiger partial charge in [-0.15, -0.1) is 0 Å². The lowest BCUT2D eigenvalue weighted by molar-refractivity contribution is -0.519. The average Bonchev–Trinajstić information content (AvgIpc) is 2.93. The number of benzene rings is 2. The number of imidazole rings is 1. The van der Waals surface area contributed by atoms with Gasteiger partial charge < -0.3 is 4.74 Å². The molecule has 4 aromatic rings. The van der Waals surface area contributed by atoms with E-state index >= 15 is 0 Å². The number of fused-ring (bicyclic) bond motifs is 1. The summed E-state index contributed by atoms with van der Waals surface area (Å²) in [7, 11) is 0. The predicted molar refractivity (Wildman–Crippen MR) is 108 cm³/mol. The lowest BCUT2D eigenvalue weighted by Gasteiger charge is -2.07. The molecule has 3 nitrogen and oxygen atoms in total. The van der Waals surface area contributed by atoms with Crippen molar-refractivity contribution in [2.45, 2.75) is 27.0 Å². The van der Waals surface area contributed by atoms with Crippen LogP contribution in [-0.2, 0) is 13.2 Å². The van der Waals surface area contributed by atoms with E-state index in [1.54, 1.807) is 0 Å². The summed E-state index contributed by atoms with van der Waals surface area (Å²) in [5.41, 5.74) is 5.80. The highest BCUT2D eigenvalue weighted by Gasteiger charge is 2.24. The van der Waals surface area contributed by atoms with Crippen LogP contribution in [0.3, 0.4) is 0 Å². The Hall–Kier alpha value is -2.78. The molecular formula is C23H22ClN2O+. The number of hydrogen-bond acceptors (Lipinski definition) is 1. The number of aromatic nitrogens is 2. The molecule has 2 aromatic carbocycles. The number of pyridine rings is 1. The van der Waals surface area contributed by atoms with Gasteiger partial charge in [0.2, 0.25) is 5.75 Å². The van der Waals surface area contributed by atoms with Gasteiger partial charge in [0.25, 0.3) is 0 Å². The van der Waals surface area contributed by atoms with Crippen molar-refractivity contribution in [3.8, 4) is 5.75 Å². The molecule has 0 atom stereocenters. The fraction of sp³-hybridized carbons (Fsp3) is 0.174. The molecule has 0 aliphatic heterocycles. The molecule has 0 saturated heterocycles. The maximum atomic E-state index is 6.21. The molecule has 27 heavy (non-hydrogen) atoms. The Bertz CT molecular complexity index is 1090. The normalized spacial score (nSPS) is 11.1. The van der Waals surface area contributed by atoms with Crippen molar-refractivity contribution in [3.63, 3.8) is 0 Å². The second-order valence-electron chi connectivity index (χ2n) is 6.73. The van der Waals surface area contributed by atoms with Crippen molar-refractivity contribution in [3.05, 3.63) is 100 Å². The van der Waals surface area contributed by atoms with Crippen LogP contribution in [0.2, 0.25) is 5.02 Å². The standard InChI is InChI=1S/C23H22ClN2O/c1-17-18(2)26(15-20-10-6-11-21(24)14-20)23-22(12-7-13-25(17)23)27-16-19-8-4-3-5-9-19/h3-14H,15-16H2,1-2H3/q+1. The Morgan fingerprint density at radius 3 is 2.48 bits per heavy atom. The van der Waals surface area contributed by atoms with Crippen molar-refractivity contribution in [1.82, 2.24) is 4.57 Å². The van der Waals surface area contributed by atoms with Crippen molar-refractivity contribution < 1.29 is 9.14 Å². The molecule has 0 fully saturated rings. The number of aryl methyl sites for hydroxylation is 1. The highest BCUT2D eigenvalue weighted by Crippen LogP contribution is 2.23. The van der Waals surface area contributed by atoms with Crippen molar-refractivity contribution >= 4 is 17.2 Å². The van der Waals surface area contributed by atoms with Crippen LogP contribution in [0.15, 0.2) is 72.9 Å². The van der Waals surface area contributed by atoms with Gasteiger partial charge in [0.1, 0.15) is 24.5 Å². The molecule has 0 radical (unpaired) electrons. The second kappa shape index (κ2) is 7.45. The summed E-state index contributed by atoms with van der Waals surface area (Å²) in [6.45, 7) is 5.57. The zero-order chi connectivity index (χ0) is 18.8. The molecule has 0 bridgehead atoms. The minimum absolute atomic E-state index is 0.543. The van der Waals surface area contributed by atoms with E-state index in [4.69, 9.17) is 16.3 Å². The summed E-state index contributed by atoms with van der Waals surface area (Å²) in [4.78, 5) is 0. The molecule has 2 aromatic heterocycles. The van der Waals surface area contributed by atoms with Gasteiger partial charge in [-0.2, -0.15) is 4.40 Å². The Balaban J connectivity index is 1.75. The third-order valence-electron chi connectivity index (χ3n) is 4.94. The minimum atomic E-state index is 0.543. The maximum Gasteiger partial charge on any atom is 0.329 e. The highest BCUT2D eigenvalue weighted by molar-refractivity contribution is 6.30. The summed E-state index contributed by atoms with van der Waals surface area (Å²) >= 11 is 6.18. The van der Waals surface area contributed by atoms with Gasteiger partial charge in [-0.25, -0.2) is 4.57 Å². The lowest BCUT2D eigenvalue weighted by atomic mass is 10.2. The van der Waals surface area contributed by atoms with E-state index in [-0.39, 0.29) is 0 Å². The Morgan fingerprint density at radius 2 is 1.70 bits per heavy atom. The van der Waals surface area contributed by atoms with Crippen molar-refractivity contribution in [2.75, 3.05) is 0 Å². The SMILES string of the molecule is Cc1c(C)[n+]2cccc(OCc3ccccc3)c2n1Cc1cccc(Cl)c1. The number of ether oxygens (including phenoxy) is 1. The molecule has 0 spiro atoms. The first-order chi connectivity index (χ1) is 13.1. The monoisotopic (exact) mass is 377 g/mol. The molecule has 0 saturated carbocycles. The van der Waals surface area contributed by atoms with E-state index in [0.29, 0.717) is 6.61 Å². The van der Waals surface area contributed by atoms with E-state index in [2.05, 4.69) is 47.2 Å². The van der Waals surface area contributed by atoms with E-state index in [1.165, 1.54) is 17.0 Å². The fourth-order valence-electron chi connectivity index (χ4n) is 3.40. The van der Waals surface area contributed by atoms with Gasteiger partial charge in [-0.1, -0.05) is 54.1 Å². The van der Waals surface area contributed by atoms with E-state index < -0.39 is 0 Å². The third kappa shape index (κ3) is 3.56. The minimum Gasteiger partial charge on any atom is -0.481 e. The summed E-state index contributed by atoms with van der Waals surface area (Å²) in [5.74, 6) is 0.875. The van der Waals surface area contributed by atoms with Gasteiger partial charge >= 0.3 is 5.65 Å². The topological polar surface area (TPSA) is 18.3 Å². The first-order valence-electron chi connectivity index (χ1n) is 9.05. The molecule has 0 N–H and O–H groups in total. The van der Waals surface area contributed by atoms with Crippen molar-refractivity contribution in [1.29, 1.82) is 0 Å². The fourth-order valence-corrected chi connectivity index (χ4v) is 3.61. The average molecular weight is 378 g/mol. The zero-order valence-electron chi connectivity index (χ0n) is 15.5. The molecular weight excluding hydrogens is 356 g/mol. The third-order valence-corrected chi connectivity index (χ3v) is 5.18. The van der Waals surface area contributed by atoms with E-state index in [9.17, 15) is 0 Å². The number of nitrogens with zero attached hydrogens (tertiary/aromatic N) is 2. The molecule has 0 amide bonds. The van der Waals surface area contributed by atoms with Crippen LogP contribution in [0.25, 0.3) is 5.65 Å². The smallest absolute Gasteiger partial charge is 0.329 e. The van der Waals surface area contributed by atoms with E-state index in [0.717, 1.165) is 28.5 Å². The number of hydrogen-bond donors (Lipinski definition) is 0. The van der Waals surface area contributed by atoms with Gasteiger partial charge in [0, 0.05) is 18.9 Å². The van der Waals surface area contributed by atoms with Crippen LogP contribution < -0.4 is 9.14 Å². The Kier molecular flexibility index (Phi) is 4.87. The van der Waals surface area contributed by atoms with Gasteiger partial charge in [0.05, 0.1) is 6.20 Å². The first-order valence-corrected chi connectivity index (χ1v) is 9.42. The summed E-state index contributed by atoms with van der Waals surface area (Å²) in [6.07, 6.45) is 2.08. The molecule has 4 heteroatoms. The van der Waals surface area contributed by atoms with Crippen LogP contribution in [0, 0.1) is 13.8 Å². The Morgan fingerprint density at radius 1 is 0.926 bits per heavy atom. The molecule has 0 aliphatic carbocycles. The molecule has 4 rings (SSSR count). The van der Waals surface area contributed by atoms with Gasteiger partial charge in [-0.05, 0) is 35.4 Å². The number of rotatable bonds is 5. The van der Waals surface area contributed by atoms with Crippen LogP contribution in [-0.4, -0.2) is 4.57 Å². The van der Waals surface area contributed by atoms with Crippen molar-refractivity contribution in [2.24, 2.45) is 0 Å². The number of halogens is 1. The Labute approximate surface area is 164 Å². The zero-order valence-corrected chi connectivity index (χ0v) is 16.3. The second-order valence-corrected chi connectivity index (χ2v) is 7.16. The van der Waals surface area contributed by atoms with Crippen LogP contribution in [0.1, 0.15) is 22.5 Å². The van der Waals surface area contributed by atoms with E-state index in [1.807, 2.05) is 48.5 Å². The van der Waals surface area contributed by atoms with Gasteiger partial charge in [-0.3, -0.25) is 0 Å². The molecule has 0 unspecified atom stereocenters. The van der Waals surface area contributed by atoms with Crippen LogP contribution in [0.5, 0.6) is 5.75 Å². The summed E-state index contributed by atoms with van der Waals surface area (Å²) in [6, 6.07) is 22.3. The molecule has 2 heterocycles. The largest absolute Gasteiger partial charge is 0.481 e. The maximum absolute atomic E-state index is 6.21. The van der Waals surface area contributed by atoms with Gasteiger partial charge in [0.15, 0.2) is 0 Å².